The topological polar surface area (TPSA) is 77.7 Å². The largest absolute Gasteiger partial charge is 0.370 e. The zero-order chi connectivity index (χ0) is 14.2. The van der Waals surface area contributed by atoms with E-state index in [4.69, 9.17) is 5.26 Å². The molecule has 2 aromatic rings. The molecule has 0 spiro atoms. The van der Waals surface area contributed by atoms with Gasteiger partial charge in [0, 0.05) is 32.1 Å². The van der Waals surface area contributed by atoms with Gasteiger partial charge in [0.25, 0.3) is 0 Å². The van der Waals surface area contributed by atoms with E-state index in [1.807, 2.05) is 25.2 Å². The number of pyridine rings is 1. The quantitative estimate of drug-likeness (QED) is 0.800. The molecule has 20 heavy (non-hydrogen) atoms. The van der Waals surface area contributed by atoms with E-state index < -0.39 is 0 Å². The molecule has 0 amide bonds. The van der Waals surface area contributed by atoms with Crippen molar-refractivity contribution in [1.29, 1.82) is 5.26 Å². The fourth-order valence-corrected chi connectivity index (χ4v) is 1.72. The van der Waals surface area contributed by atoms with Gasteiger partial charge in [-0.05, 0) is 24.1 Å². The Balaban J connectivity index is 1.90. The molecule has 2 aromatic heterocycles. The molecule has 0 radical (unpaired) electrons. The van der Waals surface area contributed by atoms with Gasteiger partial charge in [-0.25, -0.2) is 9.97 Å². The van der Waals surface area contributed by atoms with Crippen LogP contribution in [0.2, 0.25) is 0 Å². The van der Waals surface area contributed by atoms with Crippen LogP contribution in [0.5, 0.6) is 0 Å². The lowest BCUT2D eigenvalue weighted by Crippen LogP contribution is -2.19. The van der Waals surface area contributed by atoms with E-state index in [9.17, 15) is 0 Å². The fourth-order valence-electron chi connectivity index (χ4n) is 1.72. The number of nitrogens with zero attached hydrogens (tertiary/aromatic N) is 5. The normalized spacial score (nSPS) is 9.80. The number of hydrogen-bond donors (Lipinski definition) is 1. The molecule has 0 atom stereocenters. The minimum Gasteiger partial charge on any atom is -0.370 e. The summed E-state index contributed by atoms with van der Waals surface area (Å²) in [6, 6.07) is 7.91. The van der Waals surface area contributed by atoms with Crippen LogP contribution >= 0.6 is 0 Å². The van der Waals surface area contributed by atoms with E-state index in [0.29, 0.717) is 6.54 Å². The Morgan fingerprint density at radius 2 is 2.10 bits per heavy atom. The summed E-state index contributed by atoms with van der Waals surface area (Å²) in [5, 5.41) is 11.9. The SMILES string of the molecule is CN(CC#N)c1cc(NCCc2ccncc2)ncn1. The van der Waals surface area contributed by atoms with E-state index in [1.165, 1.54) is 11.9 Å². The highest BCUT2D eigenvalue weighted by Crippen LogP contribution is 2.12. The maximum absolute atomic E-state index is 8.68. The first-order valence-corrected chi connectivity index (χ1v) is 6.32. The van der Waals surface area contributed by atoms with Crippen molar-refractivity contribution < 1.29 is 0 Å². The number of rotatable bonds is 6. The molecule has 102 valence electrons. The van der Waals surface area contributed by atoms with Gasteiger partial charge in [0.2, 0.25) is 0 Å². The summed E-state index contributed by atoms with van der Waals surface area (Å²) in [4.78, 5) is 14.1. The van der Waals surface area contributed by atoms with Crippen molar-refractivity contribution in [3.63, 3.8) is 0 Å². The fraction of sp³-hybridized carbons (Fsp3) is 0.286. The minimum absolute atomic E-state index is 0.299. The summed E-state index contributed by atoms with van der Waals surface area (Å²) >= 11 is 0. The van der Waals surface area contributed by atoms with Gasteiger partial charge in [-0.15, -0.1) is 0 Å². The van der Waals surface area contributed by atoms with E-state index in [1.54, 1.807) is 17.3 Å². The van der Waals surface area contributed by atoms with Crippen LogP contribution in [0.25, 0.3) is 0 Å². The van der Waals surface area contributed by atoms with E-state index in [-0.39, 0.29) is 0 Å². The summed E-state index contributed by atoms with van der Waals surface area (Å²) in [5.74, 6) is 1.49. The van der Waals surface area contributed by atoms with Gasteiger partial charge in [-0.1, -0.05) is 0 Å². The Bertz CT molecular complexity index is 578. The van der Waals surface area contributed by atoms with Gasteiger partial charge in [0.05, 0.1) is 6.07 Å². The second-order valence-corrected chi connectivity index (χ2v) is 4.31. The zero-order valence-electron chi connectivity index (χ0n) is 11.3. The summed E-state index contributed by atoms with van der Waals surface area (Å²) in [6.07, 6.45) is 5.97. The molecule has 0 fully saturated rings. The van der Waals surface area contributed by atoms with Gasteiger partial charge < -0.3 is 10.2 Å². The summed E-state index contributed by atoms with van der Waals surface area (Å²) in [6.45, 7) is 1.08. The van der Waals surface area contributed by atoms with Gasteiger partial charge in [0.15, 0.2) is 0 Å². The Morgan fingerprint density at radius 3 is 2.85 bits per heavy atom. The zero-order valence-corrected chi connectivity index (χ0v) is 11.3. The maximum atomic E-state index is 8.68. The second kappa shape index (κ2) is 7.04. The van der Waals surface area contributed by atoms with Crippen LogP contribution in [0.15, 0.2) is 36.9 Å². The van der Waals surface area contributed by atoms with Crippen LogP contribution in [-0.4, -0.2) is 35.1 Å². The van der Waals surface area contributed by atoms with Crippen molar-refractivity contribution >= 4 is 11.6 Å². The predicted octanol–water partition coefficient (Wildman–Crippen LogP) is 1.49. The van der Waals surface area contributed by atoms with Crippen LogP contribution in [-0.2, 0) is 6.42 Å². The van der Waals surface area contributed by atoms with Crippen molar-refractivity contribution in [2.24, 2.45) is 0 Å². The number of nitriles is 1. The second-order valence-electron chi connectivity index (χ2n) is 4.31. The van der Waals surface area contributed by atoms with Crippen molar-refractivity contribution in [2.75, 3.05) is 30.4 Å². The molecular formula is C14H16N6. The molecule has 6 heteroatoms. The molecule has 0 unspecified atom stereocenters. The predicted molar refractivity (Wildman–Crippen MR) is 77.3 cm³/mol. The first kappa shape index (κ1) is 13.7. The first-order chi connectivity index (χ1) is 9.79. The Morgan fingerprint density at radius 1 is 1.30 bits per heavy atom. The van der Waals surface area contributed by atoms with Gasteiger partial charge in [-0.3, -0.25) is 4.98 Å². The molecule has 0 aliphatic carbocycles. The molecule has 2 heterocycles. The number of nitrogens with one attached hydrogen (secondary N) is 1. The molecule has 0 aromatic carbocycles. The van der Waals surface area contributed by atoms with Crippen LogP contribution in [0.4, 0.5) is 11.6 Å². The number of hydrogen-bond acceptors (Lipinski definition) is 6. The van der Waals surface area contributed by atoms with Gasteiger partial charge >= 0.3 is 0 Å². The average molecular weight is 268 g/mol. The first-order valence-electron chi connectivity index (χ1n) is 6.32. The van der Waals surface area contributed by atoms with E-state index in [0.717, 1.165) is 24.6 Å². The molecule has 6 nitrogen and oxygen atoms in total. The van der Waals surface area contributed by atoms with Crippen molar-refractivity contribution in [3.05, 3.63) is 42.5 Å². The minimum atomic E-state index is 0.299. The third-order valence-corrected chi connectivity index (χ3v) is 2.82. The van der Waals surface area contributed by atoms with Crippen molar-refractivity contribution in [2.45, 2.75) is 6.42 Å². The van der Waals surface area contributed by atoms with Crippen LogP contribution in [0, 0.1) is 11.3 Å². The van der Waals surface area contributed by atoms with Crippen molar-refractivity contribution in [1.82, 2.24) is 15.0 Å². The summed E-state index contributed by atoms with van der Waals surface area (Å²) < 4.78 is 0. The summed E-state index contributed by atoms with van der Waals surface area (Å²) in [5.41, 5.74) is 1.23. The summed E-state index contributed by atoms with van der Waals surface area (Å²) in [7, 11) is 1.83. The standard InChI is InChI=1S/C14H16N6/c1-20(9-5-15)14-10-13(18-11-19-14)17-8-4-12-2-6-16-7-3-12/h2-3,6-7,10-11H,4,8-9H2,1H3,(H,17,18,19). The molecule has 0 saturated carbocycles. The van der Waals surface area contributed by atoms with E-state index >= 15 is 0 Å². The van der Waals surface area contributed by atoms with Crippen LogP contribution < -0.4 is 10.2 Å². The molecule has 1 N–H and O–H groups in total. The lowest BCUT2D eigenvalue weighted by Gasteiger charge is -2.14. The molecule has 2 rings (SSSR count). The van der Waals surface area contributed by atoms with Crippen molar-refractivity contribution in [3.8, 4) is 6.07 Å². The van der Waals surface area contributed by atoms with Crippen LogP contribution in [0.1, 0.15) is 5.56 Å². The number of anilines is 2. The highest BCUT2D eigenvalue weighted by molar-refractivity contribution is 5.48. The Hall–Kier alpha value is -2.68. The molecular weight excluding hydrogens is 252 g/mol. The highest BCUT2D eigenvalue weighted by Gasteiger charge is 2.03. The molecule has 0 saturated heterocycles. The third kappa shape index (κ3) is 3.92. The maximum Gasteiger partial charge on any atom is 0.134 e. The smallest absolute Gasteiger partial charge is 0.134 e. The monoisotopic (exact) mass is 268 g/mol. The van der Waals surface area contributed by atoms with E-state index in [2.05, 4.69) is 26.3 Å². The highest BCUT2D eigenvalue weighted by atomic mass is 15.2. The third-order valence-electron chi connectivity index (χ3n) is 2.82. The lowest BCUT2D eigenvalue weighted by molar-refractivity contribution is 0.963. The Kier molecular flexibility index (Phi) is 4.84. The average Bonchev–Trinajstić information content (AvgIpc) is 2.49. The molecule has 0 aliphatic rings. The van der Waals surface area contributed by atoms with Gasteiger partial charge in [-0.2, -0.15) is 5.26 Å². The van der Waals surface area contributed by atoms with Gasteiger partial charge in [0.1, 0.15) is 24.5 Å². The Labute approximate surface area is 118 Å². The molecule has 0 bridgehead atoms. The lowest BCUT2D eigenvalue weighted by atomic mass is 10.2. The molecule has 0 aliphatic heterocycles. The van der Waals surface area contributed by atoms with Crippen LogP contribution in [0.3, 0.4) is 0 Å². The number of aromatic nitrogens is 3.